The predicted molar refractivity (Wildman–Crippen MR) is 74.8 cm³/mol. The number of rotatable bonds is 3. The van der Waals surface area contributed by atoms with E-state index in [9.17, 15) is 4.79 Å². The highest BCUT2D eigenvalue weighted by Crippen LogP contribution is 2.31. The third kappa shape index (κ3) is 2.36. The topological polar surface area (TPSA) is 56.9 Å². The van der Waals surface area contributed by atoms with E-state index in [-0.39, 0.29) is 11.8 Å². The Morgan fingerprint density at radius 3 is 2.95 bits per heavy atom. The van der Waals surface area contributed by atoms with Gasteiger partial charge in [-0.15, -0.1) is 0 Å². The molecule has 0 aromatic carbocycles. The molecule has 110 valence electrons. The Labute approximate surface area is 119 Å². The molecule has 1 aromatic heterocycles. The molecule has 5 heteroatoms. The van der Waals surface area contributed by atoms with Crippen LogP contribution >= 0.6 is 0 Å². The van der Waals surface area contributed by atoms with Crippen LogP contribution in [0.4, 0.5) is 0 Å². The third-order valence-electron chi connectivity index (χ3n) is 4.73. The molecule has 2 saturated heterocycles. The van der Waals surface area contributed by atoms with Gasteiger partial charge in [-0.05, 0) is 45.4 Å². The molecule has 1 aromatic rings. The molecule has 2 aliphatic rings. The van der Waals surface area contributed by atoms with Gasteiger partial charge in [0.2, 0.25) is 5.76 Å². The van der Waals surface area contributed by atoms with Crippen molar-refractivity contribution in [3.05, 3.63) is 23.7 Å². The highest BCUT2D eigenvalue weighted by atomic mass is 16.4. The first-order valence-corrected chi connectivity index (χ1v) is 7.39. The van der Waals surface area contributed by atoms with Gasteiger partial charge in [0.05, 0.1) is 6.04 Å². The summed E-state index contributed by atoms with van der Waals surface area (Å²) in [6.45, 7) is 7.71. The molecule has 0 radical (unpaired) electrons. The summed E-state index contributed by atoms with van der Waals surface area (Å²) >= 11 is 0. The Kier molecular flexibility index (Phi) is 3.56. The first-order chi connectivity index (χ1) is 9.56. The van der Waals surface area contributed by atoms with Crippen LogP contribution in [0, 0.1) is 0 Å². The van der Waals surface area contributed by atoms with E-state index < -0.39 is 5.97 Å². The number of carboxylic acids is 1. The van der Waals surface area contributed by atoms with Gasteiger partial charge < -0.3 is 9.52 Å². The lowest BCUT2D eigenvalue weighted by Crippen LogP contribution is -2.55. The van der Waals surface area contributed by atoms with Gasteiger partial charge in [0.15, 0.2) is 0 Å². The van der Waals surface area contributed by atoms with Gasteiger partial charge in [-0.1, -0.05) is 0 Å². The minimum atomic E-state index is -1.00. The summed E-state index contributed by atoms with van der Waals surface area (Å²) in [5.74, 6) is -0.225. The van der Waals surface area contributed by atoms with Gasteiger partial charge >= 0.3 is 5.97 Å². The summed E-state index contributed by atoms with van der Waals surface area (Å²) in [5.41, 5.74) is 0. The lowest BCUT2D eigenvalue weighted by molar-refractivity contribution is 0.0256. The smallest absolute Gasteiger partial charge is 0.371 e. The highest BCUT2D eigenvalue weighted by Gasteiger charge is 2.37. The second kappa shape index (κ2) is 5.22. The number of nitrogens with zero attached hydrogens (tertiary/aromatic N) is 2. The lowest BCUT2D eigenvalue weighted by atomic mass is 10.0. The van der Waals surface area contributed by atoms with Crippen LogP contribution in [0.15, 0.2) is 16.5 Å². The van der Waals surface area contributed by atoms with Crippen LogP contribution in [0.3, 0.4) is 0 Å². The monoisotopic (exact) mass is 278 g/mol. The largest absolute Gasteiger partial charge is 0.475 e. The molecule has 0 bridgehead atoms. The second-order valence-electron chi connectivity index (χ2n) is 6.02. The Bertz CT molecular complexity index is 499. The van der Waals surface area contributed by atoms with Crippen molar-refractivity contribution >= 4 is 5.97 Å². The molecule has 0 aliphatic carbocycles. The maximum atomic E-state index is 10.9. The average Bonchev–Trinajstić information content (AvgIpc) is 3.05. The van der Waals surface area contributed by atoms with Crippen LogP contribution in [-0.4, -0.2) is 52.6 Å². The van der Waals surface area contributed by atoms with Crippen molar-refractivity contribution in [2.45, 2.75) is 44.8 Å². The van der Waals surface area contributed by atoms with E-state index in [1.54, 1.807) is 12.1 Å². The summed E-state index contributed by atoms with van der Waals surface area (Å²) in [6, 6.07) is 4.59. The number of hydrogen-bond acceptors (Lipinski definition) is 4. The molecule has 5 nitrogen and oxygen atoms in total. The van der Waals surface area contributed by atoms with E-state index >= 15 is 0 Å². The lowest BCUT2D eigenvalue weighted by Gasteiger charge is -2.44. The number of aromatic carboxylic acids is 1. The normalized spacial score (nSPS) is 29.3. The fourth-order valence-corrected chi connectivity index (χ4v) is 3.61. The Morgan fingerprint density at radius 1 is 1.45 bits per heavy atom. The van der Waals surface area contributed by atoms with Crippen LogP contribution < -0.4 is 0 Å². The fraction of sp³-hybridized carbons (Fsp3) is 0.667. The molecule has 3 atom stereocenters. The number of piperazine rings is 1. The summed E-state index contributed by atoms with van der Waals surface area (Å²) in [7, 11) is 0. The van der Waals surface area contributed by atoms with Crippen molar-refractivity contribution in [2.75, 3.05) is 19.6 Å². The summed E-state index contributed by atoms with van der Waals surface area (Å²) in [5, 5.41) is 8.95. The Hall–Kier alpha value is -1.33. The second-order valence-corrected chi connectivity index (χ2v) is 6.02. The molecule has 2 aliphatic heterocycles. The molecular formula is C15H22N2O3. The van der Waals surface area contributed by atoms with Crippen molar-refractivity contribution < 1.29 is 14.3 Å². The maximum Gasteiger partial charge on any atom is 0.371 e. The van der Waals surface area contributed by atoms with Crippen molar-refractivity contribution in [1.29, 1.82) is 0 Å². The van der Waals surface area contributed by atoms with Crippen molar-refractivity contribution in [1.82, 2.24) is 9.80 Å². The molecule has 1 N–H and O–H groups in total. The van der Waals surface area contributed by atoms with Gasteiger partial charge in [0.25, 0.3) is 0 Å². The highest BCUT2D eigenvalue weighted by molar-refractivity contribution is 5.84. The van der Waals surface area contributed by atoms with Crippen LogP contribution in [0.2, 0.25) is 0 Å². The zero-order chi connectivity index (χ0) is 14.3. The van der Waals surface area contributed by atoms with Gasteiger partial charge in [-0.3, -0.25) is 9.80 Å². The molecular weight excluding hydrogens is 256 g/mol. The standard InChI is InChI=1S/C15H22N2O3/c1-10-8-16-7-3-4-12(16)9-17(10)11(2)13-5-6-14(20-13)15(18)19/h5-6,10-12H,3-4,7-9H2,1-2H3,(H,18,19). The average molecular weight is 278 g/mol. The summed E-state index contributed by atoms with van der Waals surface area (Å²) < 4.78 is 5.46. The van der Waals surface area contributed by atoms with Crippen molar-refractivity contribution in [3.8, 4) is 0 Å². The molecule has 3 unspecified atom stereocenters. The zero-order valence-corrected chi connectivity index (χ0v) is 12.1. The number of furan rings is 1. The van der Waals surface area contributed by atoms with Gasteiger partial charge in [-0.2, -0.15) is 0 Å². The summed E-state index contributed by atoms with van der Waals surface area (Å²) in [4.78, 5) is 15.9. The number of carboxylic acid groups (broad SMARTS) is 1. The van der Waals surface area contributed by atoms with Gasteiger partial charge in [0, 0.05) is 25.2 Å². The Balaban J connectivity index is 1.75. The van der Waals surface area contributed by atoms with E-state index in [1.165, 1.54) is 19.4 Å². The minimum absolute atomic E-state index is 0.0269. The van der Waals surface area contributed by atoms with Crippen LogP contribution in [0.5, 0.6) is 0 Å². The van der Waals surface area contributed by atoms with Crippen molar-refractivity contribution in [3.63, 3.8) is 0 Å². The molecule has 3 rings (SSSR count). The van der Waals surface area contributed by atoms with Gasteiger partial charge in [0.1, 0.15) is 5.76 Å². The number of carbonyl (C=O) groups is 1. The molecule has 2 fully saturated rings. The zero-order valence-electron chi connectivity index (χ0n) is 12.1. The van der Waals surface area contributed by atoms with Crippen LogP contribution in [-0.2, 0) is 0 Å². The first-order valence-electron chi connectivity index (χ1n) is 7.39. The van der Waals surface area contributed by atoms with E-state index in [1.807, 2.05) is 0 Å². The SMILES string of the molecule is CC1CN2CCCC2CN1C(C)c1ccc(C(=O)O)o1. The van der Waals surface area contributed by atoms with E-state index in [0.717, 1.165) is 18.8 Å². The molecule has 3 heterocycles. The van der Waals surface area contributed by atoms with E-state index in [0.29, 0.717) is 12.1 Å². The summed E-state index contributed by atoms with van der Waals surface area (Å²) in [6.07, 6.45) is 2.57. The van der Waals surface area contributed by atoms with Crippen molar-refractivity contribution in [2.24, 2.45) is 0 Å². The molecule has 20 heavy (non-hydrogen) atoms. The van der Waals surface area contributed by atoms with Crippen LogP contribution in [0.1, 0.15) is 49.0 Å². The molecule has 0 saturated carbocycles. The van der Waals surface area contributed by atoms with Crippen LogP contribution in [0.25, 0.3) is 0 Å². The van der Waals surface area contributed by atoms with E-state index in [2.05, 4.69) is 23.6 Å². The fourth-order valence-electron chi connectivity index (χ4n) is 3.61. The number of fused-ring (bicyclic) bond motifs is 1. The molecule has 0 spiro atoms. The molecule has 0 amide bonds. The minimum Gasteiger partial charge on any atom is -0.475 e. The maximum absolute atomic E-state index is 10.9. The Morgan fingerprint density at radius 2 is 2.25 bits per heavy atom. The number of hydrogen-bond donors (Lipinski definition) is 1. The van der Waals surface area contributed by atoms with Gasteiger partial charge in [-0.25, -0.2) is 4.79 Å². The quantitative estimate of drug-likeness (QED) is 0.918. The third-order valence-corrected chi connectivity index (χ3v) is 4.73. The van der Waals surface area contributed by atoms with E-state index in [4.69, 9.17) is 9.52 Å². The first kappa shape index (κ1) is 13.6. The predicted octanol–water partition coefficient (Wildman–Crippen LogP) is 2.21.